The molecule has 108 valence electrons. The smallest absolute Gasteiger partial charge is 0.373 e. The lowest BCUT2D eigenvalue weighted by Gasteiger charge is -2.16. The summed E-state index contributed by atoms with van der Waals surface area (Å²) in [6, 6.07) is 1.42. The van der Waals surface area contributed by atoms with Crippen LogP contribution in [0.25, 0.3) is 0 Å². The second-order valence-corrected chi connectivity index (χ2v) is 4.08. The maximum absolute atomic E-state index is 11.9. The fourth-order valence-electron chi connectivity index (χ4n) is 1.40. The summed E-state index contributed by atoms with van der Waals surface area (Å²) in [5, 5.41) is 6.14. The summed E-state index contributed by atoms with van der Waals surface area (Å²) in [6.07, 6.45) is -2.72. The first-order valence-corrected chi connectivity index (χ1v) is 5.89. The van der Waals surface area contributed by atoms with Crippen molar-refractivity contribution in [2.24, 2.45) is 0 Å². The second-order valence-electron chi connectivity index (χ2n) is 4.08. The predicted octanol–water partition coefficient (Wildman–Crippen LogP) is 0.851. The molecule has 0 unspecified atom stereocenters. The van der Waals surface area contributed by atoms with Crippen LogP contribution in [0.2, 0.25) is 0 Å². The Morgan fingerprint density at radius 3 is 2.68 bits per heavy atom. The molecular formula is C11H17F3N4O. The summed E-state index contributed by atoms with van der Waals surface area (Å²) < 4.78 is 36.8. The molecule has 0 aliphatic carbocycles. The molecule has 1 aromatic heterocycles. The topological polar surface area (TPSA) is 50.2 Å². The highest BCUT2D eigenvalue weighted by molar-refractivity contribution is 5.41. The van der Waals surface area contributed by atoms with Gasteiger partial charge in [0.1, 0.15) is 0 Å². The van der Waals surface area contributed by atoms with Gasteiger partial charge in [0.05, 0.1) is 25.0 Å². The maximum Gasteiger partial charge on any atom is 0.401 e. The van der Waals surface area contributed by atoms with Crippen molar-refractivity contribution < 1.29 is 13.2 Å². The third-order valence-corrected chi connectivity index (χ3v) is 2.60. The average molecular weight is 278 g/mol. The summed E-state index contributed by atoms with van der Waals surface area (Å²) in [5.41, 5.74) is 0.360. The van der Waals surface area contributed by atoms with Crippen molar-refractivity contribution in [2.45, 2.75) is 19.6 Å². The van der Waals surface area contributed by atoms with Gasteiger partial charge in [-0.05, 0) is 6.92 Å². The van der Waals surface area contributed by atoms with E-state index in [0.717, 1.165) is 11.2 Å². The first-order chi connectivity index (χ1) is 8.83. The van der Waals surface area contributed by atoms with E-state index in [0.29, 0.717) is 5.69 Å². The van der Waals surface area contributed by atoms with Crippen molar-refractivity contribution in [3.05, 3.63) is 22.6 Å². The van der Waals surface area contributed by atoms with Crippen LogP contribution in [0, 0.1) is 0 Å². The molecule has 0 fully saturated rings. The van der Waals surface area contributed by atoms with Crippen LogP contribution >= 0.6 is 0 Å². The summed E-state index contributed by atoms with van der Waals surface area (Å²) in [6.45, 7) is 1.74. The average Bonchev–Trinajstić information content (AvgIpc) is 2.33. The van der Waals surface area contributed by atoms with Crippen molar-refractivity contribution >= 4 is 5.69 Å². The van der Waals surface area contributed by atoms with Gasteiger partial charge in [-0.15, -0.1) is 0 Å². The Balaban J connectivity index is 2.54. The number of nitrogens with one attached hydrogen (secondary N) is 1. The van der Waals surface area contributed by atoms with Crippen molar-refractivity contribution in [1.82, 2.24) is 15.1 Å². The van der Waals surface area contributed by atoms with Gasteiger partial charge in [-0.1, -0.05) is 0 Å². The first kappa shape index (κ1) is 15.5. The third-order valence-electron chi connectivity index (χ3n) is 2.60. The minimum Gasteiger partial charge on any atom is -0.373 e. The SMILES string of the molecule is CCN(C)c1cnn(CCNCC(F)(F)F)c(=O)c1. The molecule has 8 heteroatoms. The molecule has 1 heterocycles. The highest BCUT2D eigenvalue weighted by atomic mass is 19.4. The second kappa shape index (κ2) is 6.55. The molecule has 0 radical (unpaired) electrons. The standard InChI is InChI=1S/C11H17F3N4O/c1-3-17(2)9-6-10(19)18(16-7-9)5-4-15-8-11(12,13)14/h6-7,15H,3-5,8H2,1-2H3. The van der Waals surface area contributed by atoms with Crippen LogP contribution in [0.5, 0.6) is 0 Å². The van der Waals surface area contributed by atoms with Gasteiger partial charge in [0.15, 0.2) is 0 Å². The van der Waals surface area contributed by atoms with Gasteiger partial charge in [-0.25, -0.2) is 4.68 Å². The number of halogens is 3. The maximum atomic E-state index is 11.9. The molecule has 0 aromatic carbocycles. The number of rotatable bonds is 6. The molecule has 1 N–H and O–H groups in total. The van der Waals surface area contributed by atoms with Crippen LogP contribution in [0.1, 0.15) is 6.92 Å². The van der Waals surface area contributed by atoms with Gasteiger partial charge in [0.2, 0.25) is 0 Å². The lowest BCUT2D eigenvalue weighted by atomic mass is 10.4. The van der Waals surface area contributed by atoms with Gasteiger partial charge in [0, 0.05) is 26.2 Å². The van der Waals surface area contributed by atoms with Crippen LogP contribution < -0.4 is 15.8 Å². The summed E-state index contributed by atoms with van der Waals surface area (Å²) in [4.78, 5) is 13.5. The molecule has 0 saturated carbocycles. The van der Waals surface area contributed by atoms with Crippen molar-refractivity contribution in [3.8, 4) is 0 Å². The quantitative estimate of drug-likeness (QED) is 0.784. The van der Waals surface area contributed by atoms with Crippen LogP contribution in [-0.2, 0) is 6.54 Å². The number of nitrogens with zero attached hydrogens (tertiary/aromatic N) is 3. The Morgan fingerprint density at radius 2 is 2.16 bits per heavy atom. The normalized spacial score (nSPS) is 11.6. The fourth-order valence-corrected chi connectivity index (χ4v) is 1.40. The van der Waals surface area contributed by atoms with Crippen molar-refractivity contribution in [2.75, 3.05) is 31.6 Å². The van der Waals surface area contributed by atoms with Crippen molar-refractivity contribution in [1.29, 1.82) is 0 Å². The van der Waals surface area contributed by atoms with Crippen molar-refractivity contribution in [3.63, 3.8) is 0 Å². The zero-order chi connectivity index (χ0) is 14.5. The van der Waals surface area contributed by atoms with Crippen LogP contribution in [0.15, 0.2) is 17.1 Å². The number of anilines is 1. The van der Waals surface area contributed by atoms with E-state index >= 15 is 0 Å². The van der Waals surface area contributed by atoms with Gasteiger partial charge in [-0.3, -0.25) is 4.79 Å². The Hall–Kier alpha value is -1.57. The van der Waals surface area contributed by atoms with E-state index in [9.17, 15) is 18.0 Å². The van der Waals surface area contributed by atoms with E-state index in [2.05, 4.69) is 10.4 Å². The monoisotopic (exact) mass is 278 g/mol. The van der Waals surface area contributed by atoms with E-state index in [1.165, 1.54) is 12.3 Å². The summed E-state index contributed by atoms with van der Waals surface area (Å²) in [5.74, 6) is 0. The molecular weight excluding hydrogens is 261 g/mol. The minimum absolute atomic E-state index is 0.0371. The Bertz CT molecular complexity index is 458. The molecule has 0 aliphatic rings. The van der Waals surface area contributed by atoms with E-state index in [1.807, 2.05) is 18.9 Å². The van der Waals surface area contributed by atoms with Gasteiger partial charge < -0.3 is 10.2 Å². The highest BCUT2D eigenvalue weighted by Crippen LogP contribution is 2.11. The van der Waals surface area contributed by atoms with Gasteiger partial charge in [-0.2, -0.15) is 18.3 Å². The number of hydrogen-bond donors (Lipinski definition) is 1. The molecule has 1 rings (SSSR count). The van der Waals surface area contributed by atoms with E-state index in [-0.39, 0.29) is 18.6 Å². The zero-order valence-electron chi connectivity index (χ0n) is 10.9. The molecule has 5 nitrogen and oxygen atoms in total. The largest absolute Gasteiger partial charge is 0.401 e. The molecule has 0 aliphatic heterocycles. The van der Waals surface area contributed by atoms with E-state index < -0.39 is 12.7 Å². The van der Waals surface area contributed by atoms with Crippen LogP contribution in [0.3, 0.4) is 0 Å². The Labute approximate surface area is 109 Å². The molecule has 19 heavy (non-hydrogen) atoms. The molecule has 0 bridgehead atoms. The fraction of sp³-hybridized carbons (Fsp3) is 0.636. The third kappa shape index (κ3) is 5.29. The Kier molecular flexibility index (Phi) is 5.34. The van der Waals surface area contributed by atoms with E-state index in [4.69, 9.17) is 0 Å². The molecule has 1 aromatic rings. The summed E-state index contributed by atoms with van der Waals surface area (Å²) in [7, 11) is 1.83. The number of aromatic nitrogens is 2. The Morgan fingerprint density at radius 1 is 1.47 bits per heavy atom. The van der Waals surface area contributed by atoms with Crippen LogP contribution in [-0.4, -0.2) is 42.6 Å². The lowest BCUT2D eigenvalue weighted by molar-refractivity contribution is -0.124. The highest BCUT2D eigenvalue weighted by Gasteiger charge is 2.25. The number of alkyl halides is 3. The van der Waals surface area contributed by atoms with Crippen LogP contribution in [0.4, 0.5) is 18.9 Å². The number of hydrogen-bond acceptors (Lipinski definition) is 4. The van der Waals surface area contributed by atoms with Gasteiger partial charge in [0.25, 0.3) is 5.56 Å². The molecule has 0 spiro atoms. The first-order valence-electron chi connectivity index (χ1n) is 5.89. The summed E-state index contributed by atoms with van der Waals surface area (Å²) >= 11 is 0. The minimum atomic E-state index is -4.24. The molecule has 0 saturated heterocycles. The lowest BCUT2D eigenvalue weighted by Crippen LogP contribution is -2.34. The zero-order valence-corrected chi connectivity index (χ0v) is 10.9. The molecule has 0 amide bonds. The van der Waals surface area contributed by atoms with E-state index in [1.54, 1.807) is 0 Å². The van der Waals surface area contributed by atoms with Gasteiger partial charge >= 0.3 is 6.18 Å². The predicted molar refractivity (Wildman–Crippen MR) is 66.4 cm³/mol. The molecule has 0 atom stereocenters.